The summed E-state index contributed by atoms with van der Waals surface area (Å²) in [7, 11) is 1.54. The van der Waals surface area contributed by atoms with Crippen molar-refractivity contribution in [1.29, 1.82) is 0 Å². The summed E-state index contributed by atoms with van der Waals surface area (Å²) in [5.41, 5.74) is 0.995. The summed E-state index contributed by atoms with van der Waals surface area (Å²) in [6.07, 6.45) is 1.45. The van der Waals surface area contributed by atoms with Crippen molar-refractivity contribution in [3.8, 4) is 11.5 Å². The van der Waals surface area contributed by atoms with Gasteiger partial charge in [0.25, 0.3) is 0 Å². The van der Waals surface area contributed by atoms with Crippen LogP contribution in [0.1, 0.15) is 45.2 Å². The molecule has 0 aliphatic heterocycles. The van der Waals surface area contributed by atoms with Crippen molar-refractivity contribution in [2.75, 3.05) is 20.3 Å². The lowest BCUT2D eigenvalue weighted by Crippen LogP contribution is -2.36. The van der Waals surface area contributed by atoms with Crippen molar-refractivity contribution < 1.29 is 19.3 Å². The van der Waals surface area contributed by atoms with Crippen molar-refractivity contribution in [2.45, 2.75) is 46.1 Å². The van der Waals surface area contributed by atoms with Crippen LogP contribution in [0.3, 0.4) is 0 Å². The molecule has 21 heavy (non-hydrogen) atoms. The van der Waals surface area contributed by atoms with E-state index in [4.69, 9.17) is 14.2 Å². The first-order valence-electron chi connectivity index (χ1n) is 7.48. The Morgan fingerprint density at radius 3 is 2.29 bits per heavy atom. The summed E-state index contributed by atoms with van der Waals surface area (Å²) in [5.74, 6) is 0.594. The van der Waals surface area contributed by atoms with E-state index >= 15 is 0 Å². The molecule has 0 aromatic heterocycles. The van der Waals surface area contributed by atoms with Crippen LogP contribution in [0, 0.1) is 0 Å². The number of rotatable bonds is 10. The zero-order valence-electron chi connectivity index (χ0n) is 13.4. The van der Waals surface area contributed by atoms with E-state index in [1.807, 2.05) is 19.1 Å². The van der Waals surface area contributed by atoms with Gasteiger partial charge in [0.1, 0.15) is 0 Å². The Labute approximate surface area is 127 Å². The molecule has 0 saturated heterocycles. The van der Waals surface area contributed by atoms with E-state index in [2.05, 4.69) is 19.2 Å². The monoisotopic (exact) mass is 297 g/mol. The summed E-state index contributed by atoms with van der Waals surface area (Å²) < 4.78 is 16.4. The molecule has 0 spiro atoms. The molecule has 2 N–H and O–H groups in total. The van der Waals surface area contributed by atoms with Gasteiger partial charge in [-0.25, -0.2) is 0 Å². The largest absolute Gasteiger partial charge is 0.504 e. The third-order valence-electron chi connectivity index (χ3n) is 3.04. The smallest absolute Gasteiger partial charge is 0.216 e. The van der Waals surface area contributed by atoms with Crippen LogP contribution < -0.4 is 10.1 Å². The number of methoxy groups -OCH3 is 1. The second-order valence-electron chi connectivity index (χ2n) is 4.89. The quantitative estimate of drug-likeness (QED) is 0.650. The van der Waals surface area contributed by atoms with Crippen LogP contribution in [0.4, 0.5) is 0 Å². The van der Waals surface area contributed by atoms with Gasteiger partial charge in [0.15, 0.2) is 11.5 Å². The minimum atomic E-state index is -0.431. The first-order valence-corrected chi connectivity index (χ1v) is 7.48. The number of hydrogen-bond donors (Lipinski definition) is 2. The van der Waals surface area contributed by atoms with Crippen LogP contribution in [-0.2, 0) is 9.47 Å². The maximum Gasteiger partial charge on any atom is 0.216 e. The summed E-state index contributed by atoms with van der Waals surface area (Å²) in [5, 5.41) is 12.9. The summed E-state index contributed by atoms with van der Waals surface area (Å²) in [6.45, 7) is 7.43. The Morgan fingerprint density at radius 1 is 1.14 bits per heavy atom. The molecule has 1 aromatic rings. The number of nitrogens with one attached hydrogen (secondary N) is 1. The molecule has 0 aliphatic rings. The van der Waals surface area contributed by atoms with Crippen molar-refractivity contribution in [1.82, 2.24) is 5.32 Å². The second-order valence-corrected chi connectivity index (χ2v) is 4.89. The topological polar surface area (TPSA) is 60.0 Å². The molecular weight excluding hydrogens is 270 g/mol. The predicted octanol–water partition coefficient (Wildman–Crippen LogP) is 3.19. The Hall–Kier alpha value is -1.30. The Morgan fingerprint density at radius 2 is 1.76 bits per heavy atom. The summed E-state index contributed by atoms with van der Waals surface area (Å²) in [6, 6.07) is 5.30. The molecule has 1 atom stereocenters. The molecule has 0 radical (unpaired) electrons. The average molecular weight is 297 g/mol. The van der Waals surface area contributed by atoms with Crippen LogP contribution in [0.25, 0.3) is 0 Å². The minimum absolute atomic E-state index is 0.0122. The number of phenols is 1. The van der Waals surface area contributed by atoms with E-state index in [-0.39, 0.29) is 11.8 Å². The number of ether oxygens (including phenoxy) is 3. The predicted molar refractivity (Wildman–Crippen MR) is 82.5 cm³/mol. The first kappa shape index (κ1) is 17.8. The number of phenolic OH excluding ortho intramolecular Hbond substituents is 1. The third-order valence-corrected chi connectivity index (χ3v) is 3.04. The number of aromatic hydroxyl groups is 1. The minimum Gasteiger partial charge on any atom is -0.504 e. The SMILES string of the molecule is CCCOC(N[C@H](C)c1ccc(O)c(OC)c1)OCCC. The van der Waals surface area contributed by atoms with Gasteiger partial charge >= 0.3 is 0 Å². The molecule has 120 valence electrons. The molecule has 0 aliphatic carbocycles. The van der Waals surface area contributed by atoms with E-state index in [1.165, 1.54) is 7.11 Å². The van der Waals surface area contributed by atoms with E-state index in [0.29, 0.717) is 19.0 Å². The van der Waals surface area contributed by atoms with Crippen molar-refractivity contribution in [2.24, 2.45) is 0 Å². The molecule has 0 fully saturated rings. The highest BCUT2D eigenvalue weighted by atomic mass is 16.7. The molecule has 0 bridgehead atoms. The van der Waals surface area contributed by atoms with E-state index in [1.54, 1.807) is 6.07 Å². The normalized spacial score (nSPS) is 12.6. The average Bonchev–Trinajstić information content (AvgIpc) is 2.50. The molecule has 0 heterocycles. The maximum atomic E-state index is 9.64. The van der Waals surface area contributed by atoms with Crippen LogP contribution in [0.15, 0.2) is 18.2 Å². The van der Waals surface area contributed by atoms with E-state index in [0.717, 1.165) is 18.4 Å². The van der Waals surface area contributed by atoms with Crippen LogP contribution in [-0.4, -0.2) is 31.8 Å². The molecule has 5 nitrogen and oxygen atoms in total. The molecule has 0 unspecified atom stereocenters. The number of benzene rings is 1. The number of hydrogen-bond acceptors (Lipinski definition) is 5. The molecule has 1 rings (SSSR count). The molecule has 0 amide bonds. The lowest BCUT2D eigenvalue weighted by atomic mass is 10.1. The Balaban J connectivity index is 2.68. The van der Waals surface area contributed by atoms with Crippen LogP contribution >= 0.6 is 0 Å². The van der Waals surface area contributed by atoms with Gasteiger partial charge in [0, 0.05) is 6.04 Å². The van der Waals surface area contributed by atoms with Crippen molar-refractivity contribution in [3.05, 3.63) is 23.8 Å². The second kappa shape index (κ2) is 9.60. The van der Waals surface area contributed by atoms with Gasteiger partial charge in [-0.05, 0) is 37.5 Å². The van der Waals surface area contributed by atoms with E-state index in [9.17, 15) is 5.11 Å². The highest BCUT2D eigenvalue weighted by Crippen LogP contribution is 2.29. The third kappa shape index (κ3) is 5.91. The van der Waals surface area contributed by atoms with Crippen molar-refractivity contribution >= 4 is 0 Å². The van der Waals surface area contributed by atoms with E-state index < -0.39 is 6.41 Å². The van der Waals surface area contributed by atoms with Crippen LogP contribution in [0.5, 0.6) is 11.5 Å². The van der Waals surface area contributed by atoms with Gasteiger partial charge in [0.05, 0.1) is 20.3 Å². The van der Waals surface area contributed by atoms with Gasteiger partial charge in [-0.15, -0.1) is 0 Å². The summed E-state index contributed by atoms with van der Waals surface area (Å²) in [4.78, 5) is 0. The fourth-order valence-electron chi connectivity index (χ4n) is 1.86. The summed E-state index contributed by atoms with van der Waals surface area (Å²) >= 11 is 0. The molecule has 1 aromatic carbocycles. The zero-order valence-corrected chi connectivity index (χ0v) is 13.4. The Bertz CT molecular complexity index is 403. The fourth-order valence-corrected chi connectivity index (χ4v) is 1.86. The van der Waals surface area contributed by atoms with Gasteiger partial charge < -0.3 is 19.3 Å². The molecule has 5 heteroatoms. The van der Waals surface area contributed by atoms with Gasteiger partial charge in [0.2, 0.25) is 6.41 Å². The van der Waals surface area contributed by atoms with Crippen molar-refractivity contribution in [3.63, 3.8) is 0 Å². The van der Waals surface area contributed by atoms with Crippen LogP contribution in [0.2, 0.25) is 0 Å². The molecular formula is C16H27NO4. The van der Waals surface area contributed by atoms with Gasteiger partial charge in [-0.3, -0.25) is 5.32 Å². The highest BCUT2D eigenvalue weighted by Gasteiger charge is 2.15. The van der Waals surface area contributed by atoms with Gasteiger partial charge in [-0.1, -0.05) is 19.9 Å². The zero-order chi connectivity index (χ0) is 15.7. The lowest BCUT2D eigenvalue weighted by molar-refractivity contribution is -0.165. The first-order chi connectivity index (χ1) is 10.1. The maximum absolute atomic E-state index is 9.64. The lowest BCUT2D eigenvalue weighted by Gasteiger charge is -2.24. The van der Waals surface area contributed by atoms with Gasteiger partial charge in [-0.2, -0.15) is 0 Å². The standard InChI is InChI=1S/C16H27NO4/c1-5-9-20-16(21-10-6-2)17-12(3)13-7-8-14(18)15(11-13)19-4/h7-8,11-12,16-18H,5-6,9-10H2,1-4H3/t12-/m1/s1. The Kier molecular flexibility index (Phi) is 8.12. The highest BCUT2D eigenvalue weighted by molar-refractivity contribution is 5.42. The molecule has 0 saturated carbocycles. The fraction of sp³-hybridized carbons (Fsp3) is 0.625.